The van der Waals surface area contributed by atoms with Crippen LogP contribution in [0, 0.1) is 0 Å². The van der Waals surface area contributed by atoms with Crippen LogP contribution in [0.1, 0.15) is 42.5 Å². The van der Waals surface area contributed by atoms with Crippen LogP contribution in [0.4, 0.5) is 17.3 Å². The van der Waals surface area contributed by atoms with Gasteiger partial charge in [0.25, 0.3) is 5.91 Å². The molecule has 1 heterocycles. The summed E-state index contributed by atoms with van der Waals surface area (Å²) in [5.74, 6) is 0.681. The van der Waals surface area contributed by atoms with Gasteiger partial charge in [0.05, 0.1) is 5.56 Å². The fourth-order valence-corrected chi connectivity index (χ4v) is 3.34. The second-order valence-electron chi connectivity index (χ2n) is 6.02. The van der Waals surface area contributed by atoms with Gasteiger partial charge in [0.2, 0.25) is 0 Å². The molecule has 132 valence electrons. The summed E-state index contributed by atoms with van der Waals surface area (Å²) in [6.45, 7) is 0. The number of halogens is 1. The van der Waals surface area contributed by atoms with E-state index in [0.717, 1.165) is 12.8 Å². The zero-order chi connectivity index (χ0) is 17.6. The number of nitrogens with two attached hydrogens (primary N) is 1. The molecular weight excluding hydrogens is 384 g/mol. The average molecular weight is 405 g/mol. The summed E-state index contributed by atoms with van der Waals surface area (Å²) in [4.78, 5) is 20.6. The minimum Gasteiger partial charge on any atom is -0.393 e. The highest BCUT2D eigenvalue weighted by molar-refractivity contribution is 9.10. The van der Waals surface area contributed by atoms with Crippen LogP contribution in [-0.4, -0.2) is 21.9 Å². The highest BCUT2D eigenvalue weighted by Crippen LogP contribution is 2.26. The van der Waals surface area contributed by atoms with E-state index in [0.29, 0.717) is 33.4 Å². The maximum absolute atomic E-state index is 12.2. The monoisotopic (exact) mass is 404 g/mol. The molecule has 8 heteroatoms. The van der Waals surface area contributed by atoms with Crippen molar-refractivity contribution in [1.29, 1.82) is 0 Å². The molecular formula is C17H21BrN6O. The van der Waals surface area contributed by atoms with Crippen molar-refractivity contribution < 1.29 is 4.79 Å². The Hall–Kier alpha value is -2.35. The lowest BCUT2D eigenvalue weighted by atomic mass is 9.95. The third-order valence-electron chi connectivity index (χ3n) is 4.24. The number of anilines is 3. The second-order valence-corrected chi connectivity index (χ2v) is 6.88. The zero-order valence-corrected chi connectivity index (χ0v) is 15.3. The van der Waals surface area contributed by atoms with Crippen molar-refractivity contribution in [3.8, 4) is 0 Å². The summed E-state index contributed by atoms with van der Waals surface area (Å²) in [6, 6.07) is 7.56. The molecule has 0 aliphatic heterocycles. The first-order valence-corrected chi connectivity index (χ1v) is 9.12. The van der Waals surface area contributed by atoms with E-state index in [9.17, 15) is 4.79 Å². The van der Waals surface area contributed by atoms with Gasteiger partial charge in [-0.2, -0.15) is 0 Å². The van der Waals surface area contributed by atoms with Crippen molar-refractivity contribution in [2.24, 2.45) is 0 Å². The number of carbonyl (C=O) groups is 1. The third kappa shape index (κ3) is 4.39. The zero-order valence-electron chi connectivity index (χ0n) is 13.8. The molecule has 2 aromatic rings. The molecule has 0 atom stereocenters. The van der Waals surface area contributed by atoms with Crippen LogP contribution < -0.4 is 21.9 Å². The van der Waals surface area contributed by atoms with Gasteiger partial charge in [-0.25, -0.2) is 9.97 Å². The van der Waals surface area contributed by atoms with Crippen LogP contribution in [0.2, 0.25) is 0 Å². The van der Waals surface area contributed by atoms with E-state index >= 15 is 0 Å². The largest absolute Gasteiger partial charge is 0.393 e. The molecule has 0 bridgehead atoms. The van der Waals surface area contributed by atoms with E-state index in [1.165, 1.54) is 25.6 Å². The van der Waals surface area contributed by atoms with E-state index in [1.54, 1.807) is 18.2 Å². The first kappa shape index (κ1) is 17.5. The van der Waals surface area contributed by atoms with E-state index in [-0.39, 0.29) is 5.91 Å². The topological polar surface area (TPSA) is 105 Å². The van der Waals surface area contributed by atoms with Crippen molar-refractivity contribution in [2.75, 3.05) is 16.5 Å². The third-order valence-corrected chi connectivity index (χ3v) is 4.93. The van der Waals surface area contributed by atoms with E-state index in [2.05, 4.69) is 42.1 Å². The highest BCUT2D eigenvalue weighted by Gasteiger charge is 2.17. The van der Waals surface area contributed by atoms with E-state index in [1.807, 2.05) is 6.07 Å². The lowest BCUT2D eigenvalue weighted by Crippen LogP contribution is -2.31. The molecule has 1 aliphatic rings. The van der Waals surface area contributed by atoms with Crippen molar-refractivity contribution >= 4 is 39.2 Å². The normalized spacial score (nSPS) is 14.8. The molecule has 1 aliphatic carbocycles. The maximum atomic E-state index is 12.2. The first-order chi connectivity index (χ1) is 12.1. The number of hydrogen-bond acceptors (Lipinski definition) is 6. The molecule has 7 nitrogen and oxygen atoms in total. The lowest BCUT2D eigenvalue weighted by Gasteiger charge is -2.24. The maximum Gasteiger partial charge on any atom is 0.270 e. The van der Waals surface area contributed by atoms with E-state index < -0.39 is 0 Å². The molecule has 1 saturated carbocycles. The Kier molecular flexibility index (Phi) is 5.70. The van der Waals surface area contributed by atoms with Crippen molar-refractivity contribution in [3.05, 3.63) is 40.6 Å². The van der Waals surface area contributed by atoms with Crippen LogP contribution >= 0.6 is 15.9 Å². The number of rotatable bonds is 5. The van der Waals surface area contributed by atoms with Gasteiger partial charge in [0.1, 0.15) is 12.0 Å². The molecule has 3 rings (SSSR count). The Morgan fingerprint density at radius 1 is 1.12 bits per heavy atom. The van der Waals surface area contributed by atoms with Crippen LogP contribution in [-0.2, 0) is 0 Å². The summed E-state index contributed by atoms with van der Waals surface area (Å²) >= 11 is 3.36. The number of nitrogen functional groups attached to an aromatic ring is 1. The minimum absolute atomic E-state index is 0.285. The average Bonchev–Trinajstić information content (AvgIpc) is 2.63. The molecule has 5 N–H and O–H groups in total. The van der Waals surface area contributed by atoms with Gasteiger partial charge in [-0.1, -0.05) is 31.4 Å². The Balaban J connectivity index is 1.65. The first-order valence-electron chi connectivity index (χ1n) is 8.33. The number of nitrogens with one attached hydrogen (secondary N) is 3. The van der Waals surface area contributed by atoms with Gasteiger partial charge in [0.15, 0.2) is 11.6 Å². The molecule has 1 amide bonds. The van der Waals surface area contributed by atoms with E-state index in [4.69, 9.17) is 5.73 Å². The number of hydrogen-bond donors (Lipinski definition) is 4. The van der Waals surface area contributed by atoms with Crippen molar-refractivity contribution in [3.63, 3.8) is 0 Å². The summed E-state index contributed by atoms with van der Waals surface area (Å²) in [5, 5.41) is 3.38. The molecule has 1 fully saturated rings. The quantitative estimate of drug-likeness (QED) is 0.569. The summed E-state index contributed by atoms with van der Waals surface area (Å²) in [5.41, 5.74) is 12.4. The second kappa shape index (κ2) is 8.15. The molecule has 1 aromatic carbocycles. The standard InChI is InChI=1S/C17H21BrN6O/c18-13-9-5-4-8-12(13)17(25)24-23-16-14(19)15(20-10-21-16)22-11-6-2-1-3-7-11/h4-5,8-11H,1-3,6-7,19H2,(H,24,25)(H2,20,21,22,23). The van der Waals surface area contributed by atoms with Crippen LogP contribution in [0.25, 0.3) is 0 Å². The summed E-state index contributed by atoms with van der Waals surface area (Å²) in [6.07, 6.45) is 7.38. The minimum atomic E-state index is -0.285. The Morgan fingerprint density at radius 3 is 2.60 bits per heavy atom. The number of benzene rings is 1. The number of nitrogens with zero attached hydrogens (tertiary/aromatic N) is 2. The van der Waals surface area contributed by atoms with Gasteiger partial charge in [-0.15, -0.1) is 0 Å². The number of amides is 1. The Labute approximate surface area is 154 Å². The van der Waals surface area contributed by atoms with Gasteiger partial charge in [-0.3, -0.25) is 15.6 Å². The molecule has 0 radical (unpaired) electrons. The smallest absolute Gasteiger partial charge is 0.270 e. The Morgan fingerprint density at radius 2 is 1.84 bits per heavy atom. The van der Waals surface area contributed by atoms with Crippen molar-refractivity contribution in [1.82, 2.24) is 15.4 Å². The fraction of sp³-hybridized carbons (Fsp3) is 0.353. The van der Waals surface area contributed by atoms with Gasteiger partial charge in [-0.05, 0) is 40.9 Å². The highest BCUT2D eigenvalue weighted by atomic mass is 79.9. The van der Waals surface area contributed by atoms with Crippen molar-refractivity contribution in [2.45, 2.75) is 38.1 Å². The van der Waals surface area contributed by atoms with Crippen LogP contribution in [0.3, 0.4) is 0 Å². The number of aromatic nitrogens is 2. The molecule has 0 saturated heterocycles. The molecule has 0 unspecified atom stereocenters. The van der Waals surface area contributed by atoms with Gasteiger partial charge >= 0.3 is 0 Å². The van der Waals surface area contributed by atoms with Crippen LogP contribution in [0.15, 0.2) is 35.1 Å². The lowest BCUT2D eigenvalue weighted by molar-refractivity contribution is 0.0962. The SMILES string of the molecule is Nc1c(NNC(=O)c2ccccc2Br)ncnc1NC1CCCCC1. The predicted molar refractivity (Wildman–Crippen MR) is 102 cm³/mol. The molecule has 1 aromatic heterocycles. The molecule has 0 spiro atoms. The predicted octanol–water partition coefficient (Wildman–Crippen LogP) is 3.32. The fourth-order valence-electron chi connectivity index (χ4n) is 2.88. The number of carbonyl (C=O) groups excluding carboxylic acids is 1. The van der Waals surface area contributed by atoms with Gasteiger partial charge in [0, 0.05) is 10.5 Å². The molecule has 25 heavy (non-hydrogen) atoms. The number of hydrazine groups is 1. The summed E-state index contributed by atoms with van der Waals surface area (Å²) < 4.78 is 0.713. The Bertz CT molecular complexity index is 748. The van der Waals surface area contributed by atoms with Crippen LogP contribution in [0.5, 0.6) is 0 Å². The summed E-state index contributed by atoms with van der Waals surface area (Å²) in [7, 11) is 0. The van der Waals surface area contributed by atoms with Gasteiger partial charge < -0.3 is 11.1 Å².